The number of carbonyl (C=O) groups excluding carboxylic acids is 1. The second-order valence-corrected chi connectivity index (χ2v) is 5.97. The van der Waals surface area contributed by atoms with Crippen LogP contribution in [0.3, 0.4) is 0 Å². The van der Waals surface area contributed by atoms with E-state index in [1.807, 2.05) is 18.2 Å². The van der Waals surface area contributed by atoms with Gasteiger partial charge in [-0.15, -0.1) is 0 Å². The second-order valence-electron chi connectivity index (χ2n) is 5.53. The standard InChI is InChI=1S/C18H16ClN3O2/c1-11-18(24)22(16-6-4-3-5-15(16)20-11)12(2)17(23)21-14-9-7-13(19)8-10-14/h3-10,12H,1-2H3,(H,21,23). The first-order valence-corrected chi connectivity index (χ1v) is 7.89. The first-order valence-electron chi connectivity index (χ1n) is 7.51. The first-order chi connectivity index (χ1) is 11.5. The van der Waals surface area contributed by atoms with Crippen LogP contribution in [0.5, 0.6) is 0 Å². The number of anilines is 1. The topological polar surface area (TPSA) is 64.0 Å². The summed E-state index contributed by atoms with van der Waals surface area (Å²) in [4.78, 5) is 29.4. The van der Waals surface area contributed by atoms with E-state index in [2.05, 4.69) is 10.3 Å². The molecule has 1 aromatic heterocycles. The fourth-order valence-corrected chi connectivity index (χ4v) is 2.68. The molecule has 0 aliphatic heterocycles. The van der Waals surface area contributed by atoms with E-state index in [1.54, 1.807) is 44.2 Å². The fourth-order valence-electron chi connectivity index (χ4n) is 2.56. The number of nitrogens with one attached hydrogen (secondary N) is 1. The molecule has 3 aromatic rings. The number of aromatic nitrogens is 2. The Morgan fingerprint density at radius 2 is 1.83 bits per heavy atom. The Bertz CT molecular complexity index is 964. The van der Waals surface area contributed by atoms with Crippen molar-refractivity contribution in [2.45, 2.75) is 19.9 Å². The van der Waals surface area contributed by atoms with Crippen LogP contribution in [0.1, 0.15) is 18.7 Å². The van der Waals surface area contributed by atoms with Crippen LogP contribution < -0.4 is 10.9 Å². The van der Waals surface area contributed by atoms with Gasteiger partial charge in [0, 0.05) is 10.7 Å². The first kappa shape index (κ1) is 16.2. The van der Waals surface area contributed by atoms with Crippen LogP contribution in [0.2, 0.25) is 5.02 Å². The van der Waals surface area contributed by atoms with Gasteiger partial charge in [-0.1, -0.05) is 23.7 Å². The van der Waals surface area contributed by atoms with Crippen molar-refractivity contribution >= 4 is 34.2 Å². The van der Waals surface area contributed by atoms with Gasteiger partial charge in [-0.25, -0.2) is 4.98 Å². The highest BCUT2D eigenvalue weighted by Gasteiger charge is 2.20. The van der Waals surface area contributed by atoms with Gasteiger partial charge in [0.2, 0.25) is 5.91 Å². The Morgan fingerprint density at radius 1 is 1.17 bits per heavy atom. The Labute approximate surface area is 143 Å². The molecule has 1 unspecified atom stereocenters. The molecule has 6 heteroatoms. The van der Waals surface area contributed by atoms with Gasteiger partial charge in [0.05, 0.1) is 11.0 Å². The summed E-state index contributed by atoms with van der Waals surface area (Å²) < 4.78 is 1.48. The van der Waals surface area contributed by atoms with E-state index in [0.717, 1.165) is 0 Å². The predicted octanol–water partition coefficient (Wildman–Crippen LogP) is 3.56. The molecule has 0 aliphatic carbocycles. The number of hydrogen-bond donors (Lipinski definition) is 1. The molecular formula is C18H16ClN3O2. The maximum absolute atomic E-state index is 12.6. The molecule has 3 rings (SSSR count). The molecule has 0 saturated heterocycles. The van der Waals surface area contributed by atoms with E-state index in [4.69, 9.17) is 11.6 Å². The zero-order valence-corrected chi connectivity index (χ0v) is 14.0. The Hall–Kier alpha value is -2.66. The summed E-state index contributed by atoms with van der Waals surface area (Å²) in [6.45, 7) is 3.34. The molecular weight excluding hydrogens is 326 g/mol. The number of carbonyl (C=O) groups is 1. The van der Waals surface area contributed by atoms with Gasteiger partial charge >= 0.3 is 0 Å². The van der Waals surface area contributed by atoms with E-state index >= 15 is 0 Å². The van der Waals surface area contributed by atoms with Crippen LogP contribution in [0.15, 0.2) is 53.3 Å². The van der Waals surface area contributed by atoms with Crippen molar-refractivity contribution in [3.8, 4) is 0 Å². The van der Waals surface area contributed by atoms with Crippen molar-refractivity contribution in [3.63, 3.8) is 0 Å². The lowest BCUT2D eigenvalue weighted by Crippen LogP contribution is -2.33. The van der Waals surface area contributed by atoms with E-state index in [-0.39, 0.29) is 11.5 Å². The highest BCUT2D eigenvalue weighted by atomic mass is 35.5. The number of benzene rings is 2. The Balaban J connectivity index is 2.00. The molecule has 0 spiro atoms. The molecule has 1 atom stereocenters. The van der Waals surface area contributed by atoms with E-state index < -0.39 is 6.04 Å². The maximum Gasteiger partial charge on any atom is 0.273 e. The van der Waals surface area contributed by atoms with Gasteiger partial charge in [0.1, 0.15) is 11.7 Å². The minimum Gasteiger partial charge on any atom is -0.324 e. The lowest BCUT2D eigenvalue weighted by atomic mass is 10.2. The largest absolute Gasteiger partial charge is 0.324 e. The summed E-state index contributed by atoms with van der Waals surface area (Å²) in [5.74, 6) is -0.282. The molecule has 122 valence electrons. The van der Waals surface area contributed by atoms with Crippen LogP contribution >= 0.6 is 11.6 Å². The molecule has 0 saturated carbocycles. The van der Waals surface area contributed by atoms with Crippen molar-refractivity contribution in [1.29, 1.82) is 0 Å². The van der Waals surface area contributed by atoms with Crippen molar-refractivity contribution < 1.29 is 4.79 Å². The predicted molar refractivity (Wildman–Crippen MR) is 95.5 cm³/mol. The van der Waals surface area contributed by atoms with Crippen LogP contribution in [0.4, 0.5) is 5.69 Å². The number of nitrogens with zero attached hydrogens (tertiary/aromatic N) is 2. The van der Waals surface area contributed by atoms with Gasteiger partial charge in [-0.2, -0.15) is 0 Å². The second kappa shape index (κ2) is 6.45. The summed E-state index contributed by atoms with van der Waals surface area (Å²) in [6.07, 6.45) is 0. The van der Waals surface area contributed by atoms with Crippen molar-refractivity contribution in [2.24, 2.45) is 0 Å². The highest BCUT2D eigenvalue weighted by molar-refractivity contribution is 6.30. The molecule has 1 amide bonds. The SMILES string of the molecule is Cc1nc2ccccc2n(C(C)C(=O)Nc2ccc(Cl)cc2)c1=O. The Morgan fingerprint density at radius 3 is 2.54 bits per heavy atom. The average molecular weight is 342 g/mol. The van der Waals surface area contributed by atoms with Crippen molar-refractivity contribution in [1.82, 2.24) is 9.55 Å². The number of fused-ring (bicyclic) bond motifs is 1. The minimum absolute atomic E-state index is 0.271. The molecule has 0 radical (unpaired) electrons. The normalized spacial score (nSPS) is 12.1. The fraction of sp³-hybridized carbons (Fsp3) is 0.167. The molecule has 1 heterocycles. The third-order valence-electron chi connectivity index (χ3n) is 3.84. The van der Waals surface area contributed by atoms with Gasteiger partial charge in [-0.05, 0) is 50.2 Å². The Kier molecular flexibility index (Phi) is 4.36. The highest BCUT2D eigenvalue weighted by Crippen LogP contribution is 2.18. The van der Waals surface area contributed by atoms with Crippen molar-refractivity contribution in [3.05, 3.63) is 69.6 Å². The summed E-state index contributed by atoms with van der Waals surface area (Å²) in [7, 11) is 0. The van der Waals surface area contributed by atoms with Crippen LogP contribution in [0, 0.1) is 6.92 Å². The zero-order chi connectivity index (χ0) is 17.3. The molecule has 0 fully saturated rings. The lowest BCUT2D eigenvalue weighted by molar-refractivity contribution is -0.118. The lowest BCUT2D eigenvalue weighted by Gasteiger charge is -2.18. The van der Waals surface area contributed by atoms with Gasteiger partial charge in [-0.3, -0.25) is 14.2 Å². The van der Waals surface area contributed by atoms with Crippen LogP contribution in [0.25, 0.3) is 11.0 Å². The summed E-state index contributed by atoms with van der Waals surface area (Å²) in [6, 6.07) is 13.4. The minimum atomic E-state index is -0.681. The van der Waals surface area contributed by atoms with E-state index in [0.29, 0.717) is 27.4 Å². The molecule has 24 heavy (non-hydrogen) atoms. The summed E-state index contributed by atoms with van der Waals surface area (Å²) in [5.41, 5.74) is 2.03. The molecule has 5 nitrogen and oxygen atoms in total. The number of aryl methyl sites for hydroxylation is 1. The van der Waals surface area contributed by atoms with Gasteiger partial charge in [0.25, 0.3) is 5.56 Å². The third kappa shape index (κ3) is 3.03. The average Bonchev–Trinajstić information content (AvgIpc) is 2.57. The summed E-state index contributed by atoms with van der Waals surface area (Å²) >= 11 is 5.85. The van der Waals surface area contributed by atoms with Crippen LogP contribution in [-0.4, -0.2) is 15.5 Å². The molecule has 0 bridgehead atoms. The van der Waals surface area contributed by atoms with E-state index in [1.165, 1.54) is 4.57 Å². The van der Waals surface area contributed by atoms with Crippen molar-refractivity contribution in [2.75, 3.05) is 5.32 Å². The number of rotatable bonds is 3. The smallest absolute Gasteiger partial charge is 0.273 e. The monoisotopic (exact) mass is 341 g/mol. The number of halogens is 1. The maximum atomic E-state index is 12.6. The summed E-state index contributed by atoms with van der Waals surface area (Å²) in [5, 5.41) is 3.39. The number of para-hydroxylation sites is 2. The van der Waals surface area contributed by atoms with E-state index in [9.17, 15) is 9.59 Å². The number of amides is 1. The quantitative estimate of drug-likeness (QED) is 0.792. The third-order valence-corrected chi connectivity index (χ3v) is 4.09. The van der Waals surface area contributed by atoms with Crippen LogP contribution in [-0.2, 0) is 4.79 Å². The zero-order valence-electron chi connectivity index (χ0n) is 13.3. The molecule has 1 N–H and O–H groups in total. The number of hydrogen-bond acceptors (Lipinski definition) is 3. The molecule has 2 aromatic carbocycles. The van der Waals surface area contributed by atoms with Gasteiger partial charge in [0.15, 0.2) is 0 Å². The molecule has 0 aliphatic rings. The van der Waals surface area contributed by atoms with Gasteiger partial charge < -0.3 is 5.32 Å².